The summed E-state index contributed by atoms with van der Waals surface area (Å²) in [6.07, 6.45) is 1.63. The first kappa shape index (κ1) is 12.5. The van der Waals surface area contributed by atoms with Gasteiger partial charge in [-0.25, -0.2) is 4.39 Å². The van der Waals surface area contributed by atoms with Crippen LogP contribution in [0.3, 0.4) is 0 Å². The van der Waals surface area contributed by atoms with E-state index in [1.807, 2.05) is 18.5 Å². The minimum Gasteiger partial charge on any atom is -0.508 e. The highest BCUT2D eigenvalue weighted by atomic mass is 19.1. The van der Waals surface area contributed by atoms with Crippen LogP contribution in [-0.2, 0) is 13.6 Å². The summed E-state index contributed by atoms with van der Waals surface area (Å²) < 4.78 is 14.9. The van der Waals surface area contributed by atoms with E-state index < -0.39 is 5.82 Å². The molecule has 0 radical (unpaired) electrons. The Morgan fingerprint density at radius 1 is 1.44 bits per heavy atom. The fourth-order valence-corrected chi connectivity index (χ4v) is 1.78. The Morgan fingerprint density at radius 3 is 2.83 bits per heavy atom. The number of nitrogens with one attached hydrogen (secondary N) is 1. The lowest BCUT2D eigenvalue weighted by Crippen LogP contribution is -2.21. The van der Waals surface area contributed by atoms with Gasteiger partial charge in [-0.1, -0.05) is 0 Å². The van der Waals surface area contributed by atoms with Gasteiger partial charge in [0.15, 0.2) is 0 Å². The number of hydrogen-bond donors (Lipinski definition) is 2. The van der Waals surface area contributed by atoms with Crippen LogP contribution < -0.4 is 5.32 Å². The van der Waals surface area contributed by atoms with E-state index in [1.54, 1.807) is 6.33 Å². The Balaban J connectivity index is 2.01. The Kier molecular flexibility index (Phi) is 3.57. The molecule has 1 heterocycles. The maximum atomic E-state index is 13.1. The van der Waals surface area contributed by atoms with Gasteiger partial charge in [-0.15, -0.1) is 10.2 Å². The van der Waals surface area contributed by atoms with Crippen LogP contribution in [0.2, 0.25) is 0 Å². The van der Waals surface area contributed by atoms with E-state index in [0.29, 0.717) is 12.1 Å². The maximum Gasteiger partial charge on any atom is 0.149 e. The smallest absolute Gasteiger partial charge is 0.149 e. The molecular weight excluding hydrogens is 235 g/mol. The van der Waals surface area contributed by atoms with Crippen LogP contribution >= 0.6 is 0 Å². The molecule has 0 aliphatic heterocycles. The minimum absolute atomic E-state index is 0.0112. The molecule has 0 aliphatic rings. The third kappa shape index (κ3) is 2.84. The van der Waals surface area contributed by atoms with E-state index >= 15 is 0 Å². The molecule has 2 aromatic rings. The first-order valence-electron chi connectivity index (χ1n) is 5.62. The molecule has 1 aromatic carbocycles. The fourth-order valence-electron chi connectivity index (χ4n) is 1.78. The summed E-state index contributed by atoms with van der Waals surface area (Å²) in [5, 5.41) is 20.3. The normalized spacial score (nSPS) is 12.6. The first-order valence-corrected chi connectivity index (χ1v) is 5.62. The maximum absolute atomic E-state index is 13.1. The summed E-state index contributed by atoms with van der Waals surface area (Å²) in [7, 11) is 1.86. The predicted octanol–water partition coefficient (Wildman–Crippen LogP) is 1.51. The molecule has 1 atom stereocenters. The standard InChI is InChI=1S/C12H15FN4O/c1-8(12-16-15-7-17(12)2)14-6-9-3-10(13)5-11(18)4-9/h3-5,7-8,14,18H,6H2,1-2H3. The molecule has 0 fully saturated rings. The summed E-state index contributed by atoms with van der Waals surface area (Å²) in [5.41, 5.74) is 0.682. The van der Waals surface area contributed by atoms with Crippen LogP contribution in [0.4, 0.5) is 4.39 Å². The molecule has 0 amide bonds. The van der Waals surface area contributed by atoms with Gasteiger partial charge in [-0.2, -0.15) is 0 Å². The van der Waals surface area contributed by atoms with Gasteiger partial charge in [0.1, 0.15) is 23.7 Å². The van der Waals surface area contributed by atoms with Gasteiger partial charge in [-0.3, -0.25) is 0 Å². The number of hydrogen-bond acceptors (Lipinski definition) is 4. The first-order chi connectivity index (χ1) is 8.56. The fraction of sp³-hybridized carbons (Fsp3) is 0.333. The molecule has 18 heavy (non-hydrogen) atoms. The Hall–Kier alpha value is -1.95. The van der Waals surface area contributed by atoms with Gasteiger partial charge < -0.3 is 15.0 Å². The molecule has 1 unspecified atom stereocenters. The van der Waals surface area contributed by atoms with Gasteiger partial charge in [0, 0.05) is 19.7 Å². The van der Waals surface area contributed by atoms with E-state index in [2.05, 4.69) is 15.5 Å². The van der Waals surface area contributed by atoms with Crippen molar-refractivity contribution in [1.82, 2.24) is 20.1 Å². The highest BCUT2D eigenvalue weighted by molar-refractivity contribution is 5.28. The number of halogens is 1. The Morgan fingerprint density at radius 2 is 2.22 bits per heavy atom. The summed E-state index contributed by atoms with van der Waals surface area (Å²) >= 11 is 0. The lowest BCUT2D eigenvalue weighted by Gasteiger charge is -2.13. The van der Waals surface area contributed by atoms with E-state index in [-0.39, 0.29) is 11.8 Å². The number of phenolic OH excluding ortho intramolecular Hbond substituents is 1. The number of aromatic nitrogens is 3. The van der Waals surface area contributed by atoms with E-state index in [4.69, 9.17) is 0 Å². The largest absolute Gasteiger partial charge is 0.508 e. The van der Waals surface area contributed by atoms with Crippen molar-refractivity contribution >= 4 is 0 Å². The summed E-state index contributed by atoms with van der Waals surface area (Å²) in [6, 6.07) is 3.98. The van der Waals surface area contributed by atoms with Crippen molar-refractivity contribution in [2.75, 3.05) is 0 Å². The molecule has 5 nitrogen and oxygen atoms in total. The average Bonchev–Trinajstić information content (AvgIpc) is 2.71. The van der Waals surface area contributed by atoms with E-state index in [0.717, 1.165) is 11.9 Å². The van der Waals surface area contributed by atoms with Gasteiger partial charge in [0.2, 0.25) is 0 Å². The molecule has 0 saturated carbocycles. The van der Waals surface area contributed by atoms with Crippen LogP contribution in [-0.4, -0.2) is 19.9 Å². The molecule has 96 valence electrons. The minimum atomic E-state index is -0.446. The van der Waals surface area contributed by atoms with Crippen molar-refractivity contribution in [1.29, 1.82) is 0 Å². The molecule has 0 bridgehead atoms. The van der Waals surface area contributed by atoms with E-state index in [9.17, 15) is 9.50 Å². The summed E-state index contributed by atoms with van der Waals surface area (Å²) in [6.45, 7) is 2.39. The number of aromatic hydroxyl groups is 1. The number of rotatable bonds is 4. The van der Waals surface area contributed by atoms with Crippen LogP contribution in [0.15, 0.2) is 24.5 Å². The molecule has 0 spiro atoms. The van der Waals surface area contributed by atoms with Crippen molar-refractivity contribution in [3.05, 3.63) is 41.7 Å². The highest BCUT2D eigenvalue weighted by Gasteiger charge is 2.10. The zero-order valence-corrected chi connectivity index (χ0v) is 10.3. The second-order valence-electron chi connectivity index (χ2n) is 4.22. The predicted molar refractivity (Wildman–Crippen MR) is 64.3 cm³/mol. The van der Waals surface area contributed by atoms with Crippen LogP contribution in [0.5, 0.6) is 5.75 Å². The van der Waals surface area contributed by atoms with Crippen LogP contribution in [0.1, 0.15) is 24.4 Å². The lowest BCUT2D eigenvalue weighted by atomic mass is 10.2. The molecule has 0 aliphatic carbocycles. The molecule has 2 N–H and O–H groups in total. The second kappa shape index (κ2) is 5.14. The monoisotopic (exact) mass is 250 g/mol. The molecule has 1 aromatic heterocycles. The third-order valence-corrected chi connectivity index (χ3v) is 2.69. The molecule has 2 rings (SSSR count). The quantitative estimate of drug-likeness (QED) is 0.863. The summed E-state index contributed by atoms with van der Waals surface area (Å²) in [5.74, 6) is 0.284. The molecule has 6 heteroatoms. The average molecular weight is 250 g/mol. The SMILES string of the molecule is CC(NCc1cc(O)cc(F)c1)c1nncn1C. The zero-order chi connectivity index (χ0) is 13.1. The van der Waals surface area contributed by atoms with Crippen molar-refractivity contribution in [2.24, 2.45) is 7.05 Å². The summed E-state index contributed by atoms with van der Waals surface area (Å²) in [4.78, 5) is 0. The highest BCUT2D eigenvalue weighted by Crippen LogP contribution is 2.15. The number of nitrogens with zero attached hydrogens (tertiary/aromatic N) is 3. The topological polar surface area (TPSA) is 63.0 Å². The number of aryl methyl sites for hydroxylation is 1. The van der Waals surface area contributed by atoms with Crippen LogP contribution in [0.25, 0.3) is 0 Å². The molecule has 0 saturated heterocycles. The lowest BCUT2D eigenvalue weighted by molar-refractivity contribution is 0.465. The zero-order valence-electron chi connectivity index (χ0n) is 10.3. The van der Waals surface area contributed by atoms with Gasteiger partial charge in [0.25, 0.3) is 0 Å². The Bertz CT molecular complexity index is 520. The van der Waals surface area contributed by atoms with Gasteiger partial charge >= 0.3 is 0 Å². The van der Waals surface area contributed by atoms with E-state index in [1.165, 1.54) is 12.1 Å². The van der Waals surface area contributed by atoms with Crippen LogP contribution in [0, 0.1) is 5.82 Å². The number of benzene rings is 1. The third-order valence-electron chi connectivity index (χ3n) is 2.69. The Labute approximate surface area is 104 Å². The second-order valence-corrected chi connectivity index (χ2v) is 4.22. The van der Waals surface area contributed by atoms with Crippen molar-refractivity contribution in [3.63, 3.8) is 0 Å². The van der Waals surface area contributed by atoms with Gasteiger partial charge in [0.05, 0.1) is 6.04 Å². The van der Waals surface area contributed by atoms with Crippen molar-refractivity contribution in [3.8, 4) is 5.75 Å². The van der Waals surface area contributed by atoms with Gasteiger partial charge in [-0.05, 0) is 24.6 Å². The molecular formula is C12H15FN4O. The number of phenols is 1. The van der Waals surface area contributed by atoms with Crippen molar-refractivity contribution in [2.45, 2.75) is 19.5 Å². The van der Waals surface area contributed by atoms with Crippen molar-refractivity contribution < 1.29 is 9.50 Å².